The number of carbonyl (C=O) groups is 1. The Morgan fingerprint density at radius 3 is 2.57 bits per heavy atom. The van der Waals surface area contributed by atoms with E-state index in [4.69, 9.17) is 0 Å². The smallest absolute Gasteiger partial charge is 0.387 e. The Labute approximate surface area is 161 Å². The summed E-state index contributed by atoms with van der Waals surface area (Å²) in [5.41, 5.74) is 2.02. The van der Waals surface area contributed by atoms with E-state index in [1.54, 1.807) is 12.1 Å². The molecule has 28 heavy (non-hydrogen) atoms. The average Bonchev–Trinajstić information content (AvgIpc) is 3.08. The average molecular weight is 411 g/mol. The van der Waals surface area contributed by atoms with Crippen LogP contribution in [0.25, 0.3) is 0 Å². The van der Waals surface area contributed by atoms with Crippen molar-refractivity contribution < 1.29 is 26.7 Å². The fourth-order valence-corrected chi connectivity index (χ4v) is 4.32. The Bertz CT molecular complexity index is 936. The summed E-state index contributed by atoms with van der Waals surface area (Å²) in [5, 5.41) is 4.97. The molecule has 0 unspecified atom stereocenters. The van der Waals surface area contributed by atoms with Gasteiger partial charge in [0, 0.05) is 18.8 Å². The van der Waals surface area contributed by atoms with Crippen LogP contribution in [0.1, 0.15) is 5.56 Å². The topological polar surface area (TPSA) is 87.7 Å². The third-order valence-electron chi connectivity index (χ3n) is 4.16. The van der Waals surface area contributed by atoms with Crippen LogP contribution in [0.4, 0.5) is 25.0 Å². The van der Waals surface area contributed by atoms with Gasteiger partial charge in [-0.2, -0.15) is 8.78 Å². The SMILES string of the molecule is O=C(NCCS(=O)(=O)N1CCc2ccccc21)Nc1ccc(OC(F)F)cc1. The monoisotopic (exact) mass is 411 g/mol. The van der Waals surface area contributed by atoms with E-state index >= 15 is 0 Å². The first kappa shape index (κ1) is 19.9. The second-order valence-corrected chi connectivity index (χ2v) is 8.06. The van der Waals surface area contributed by atoms with Crippen LogP contribution < -0.4 is 19.7 Å². The normalized spacial score (nSPS) is 13.3. The van der Waals surface area contributed by atoms with Gasteiger partial charge in [-0.1, -0.05) is 18.2 Å². The number of nitrogens with one attached hydrogen (secondary N) is 2. The first-order valence-electron chi connectivity index (χ1n) is 8.53. The number of sulfonamides is 1. The van der Waals surface area contributed by atoms with Crippen molar-refractivity contribution in [2.24, 2.45) is 0 Å². The summed E-state index contributed by atoms with van der Waals surface area (Å²) in [7, 11) is -3.56. The summed E-state index contributed by atoms with van der Waals surface area (Å²) in [6, 6.07) is 12.1. The van der Waals surface area contributed by atoms with Crippen molar-refractivity contribution in [3.8, 4) is 5.75 Å². The molecule has 10 heteroatoms. The highest BCUT2D eigenvalue weighted by Crippen LogP contribution is 2.29. The van der Waals surface area contributed by atoms with Gasteiger partial charge in [0.25, 0.3) is 0 Å². The number of nitrogens with zero attached hydrogens (tertiary/aromatic N) is 1. The molecule has 0 spiro atoms. The number of hydrogen-bond acceptors (Lipinski definition) is 4. The van der Waals surface area contributed by atoms with Crippen LogP contribution in [0.3, 0.4) is 0 Å². The second-order valence-electron chi connectivity index (χ2n) is 6.05. The van der Waals surface area contributed by atoms with Gasteiger partial charge in [0.05, 0.1) is 11.4 Å². The minimum atomic E-state index is -3.56. The van der Waals surface area contributed by atoms with E-state index in [2.05, 4.69) is 15.4 Å². The van der Waals surface area contributed by atoms with Crippen LogP contribution >= 0.6 is 0 Å². The number of fused-ring (bicyclic) bond motifs is 1. The van der Waals surface area contributed by atoms with E-state index < -0.39 is 22.7 Å². The fraction of sp³-hybridized carbons (Fsp3) is 0.278. The van der Waals surface area contributed by atoms with Crippen molar-refractivity contribution >= 4 is 27.4 Å². The first-order valence-corrected chi connectivity index (χ1v) is 10.1. The zero-order valence-corrected chi connectivity index (χ0v) is 15.6. The maximum Gasteiger partial charge on any atom is 0.387 e. The summed E-state index contributed by atoms with van der Waals surface area (Å²) in [5.74, 6) is -0.270. The fourth-order valence-electron chi connectivity index (χ4n) is 2.90. The minimum absolute atomic E-state index is 0.0297. The lowest BCUT2D eigenvalue weighted by Crippen LogP contribution is -2.38. The molecular weight excluding hydrogens is 392 g/mol. The zero-order chi connectivity index (χ0) is 20.1. The molecule has 0 saturated carbocycles. The number of anilines is 2. The molecule has 1 aliphatic heterocycles. The van der Waals surface area contributed by atoms with Crippen molar-refractivity contribution in [1.82, 2.24) is 5.32 Å². The molecule has 2 aromatic rings. The van der Waals surface area contributed by atoms with Crippen LogP contribution in [0.2, 0.25) is 0 Å². The third kappa shape index (κ3) is 4.89. The third-order valence-corrected chi connectivity index (χ3v) is 5.93. The summed E-state index contributed by atoms with van der Waals surface area (Å²) >= 11 is 0. The van der Waals surface area contributed by atoms with E-state index in [-0.39, 0.29) is 18.0 Å². The standard InChI is InChI=1S/C18H19F2N3O4S/c19-17(20)27-15-7-5-14(6-8-15)22-18(24)21-10-12-28(25,26)23-11-9-13-3-1-2-4-16(13)23/h1-8,17H,9-12H2,(H2,21,22,24). The number of alkyl halides is 2. The van der Waals surface area contributed by atoms with Crippen LogP contribution in [0.15, 0.2) is 48.5 Å². The van der Waals surface area contributed by atoms with Crippen molar-refractivity contribution in [2.45, 2.75) is 13.0 Å². The van der Waals surface area contributed by atoms with Crippen LogP contribution in [-0.2, 0) is 16.4 Å². The molecule has 0 bridgehead atoms. The van der Waals surface area contributed by atoms with Crippen molar-refractivity contribution in [1.29, 1.82) is 0 Å². The van der Waals surface area contributed by atoms with Gasteiger partial charge in [0.2, 0.25) is 10.0 Å². The van der Waals surface area contributed by atoms with Gasteiger partial charge in [0.15, 0.2) is 0 Å². The minimum Gasteiger partial charge on any atom is -0.435 e. The highest BCUT2D eigenvalue weighted by atomic mass is 32.2. The number of amides is 2. The van der Waals surface area contributed by atoms with Crippen LogP contribution in [-0.4, -0.2) is 39.9 Å². The Morgan fingerprint density at radius 1 is 1.14 bits per heavy atom. The Kier molecular flexibility index (Phi) is 5.98. The predicted molar refractivity (Wildman–Crippen MR) is 101 cm³/mol. The molecule has 0 aliphatic carbocycles. The Hall–Kier alpha value is -2.88. The number of carbonyl (C=O) groups excluding carboxylic acids is 1. The van der Waals surface area contributed by atoms with E-state index in [1.165, 1.54) is 28.6 Å². The largest absolute Gasteiger partial charge is 0.435 e. The van der Waals surface area contributed by atoms with Gasteiger partial charge < -0.3 is 15.4 Å². The number of benzene rings is 2. The molecule has 2 aromatic carbocycles. The molecule has 7 nitrogen and oxygen atoms in total. The predicted octanol–water partition coefficient (Wildman–Crippen LogP) is 2.80. The second kappa shape index (κ2) is 8.42. The lowest BCUT2D eigenvalue weighted by atomic mass is 10.2. The van der Waals surface area contributed by atoms with E-state index in [0.717, 1.165) is 5.56 Å². The summed E-state index contributed by atoms with van der Waals surface area (Å²) in [6.45, 7) is -2.60. The van der Waals surface area contributed by atoms with E-state index in [9.17, 15) is 22.0 Å². The van der Waals surface area contributed by atoms with Gasteiger partial charge in [-0.3, -0.25) is 4.31 Å². The Morgan fingerprint density at radius 2 is 1.86 bits per heavy atom. The van der Waals surface area contributed by atoms with Gasteiger partial charge >= 0.3 is 12.6 Å². The number of hydrogen-bond donors (Lipinski definition) is 2. The molecule has 0 atom stereocenters. The maximum absolute atomic E-state index is 12.5. The van der Waals surface area contributed by atoms with Gasteiger partial charge in [-0.15, -0.1) is 0 Å². The molecule has 1 aliphatic rings. The molecule has 0 radical (unpaired) electrons. The molecular formula is C18H19F2N3O4S. The Balaban J connectivity index is 1.49. The number of halogens is 2. The van der Waals surface area contributed by atoms with Crippen molar-refractivity contribution in [3.63, 3.8) is 0 Å². The summed E-state index contributed by atoms with van der Waals surface area (Å²) in [4.78, 5) is 11.9. The highest BCUT2D eigenvalue weighted by molar-refractivity contribution is 7.92. The van der Waals surface area contributed by atoms with Gasteiger partial charge in [-0.25, -0.2) is 13.2 Å². The van der Waals surface area contributed by atoms with Gasteiger partial charge in [0.1, 0.15) is 5.75 Å². The van der Waals surface area contributed by atoms with Crippen molar-refractivity contribution in [3.05, 3.63) is 54.1 Å². The van der Waals surface area contributed by atoms with Gasteiger partial charge in [-0.05, 0) is 42.3 Å². The molecule has 3 rings (SSSR count). The number of rotatable bonds is 7. The molecule has 2 amide bonds. The molecule has 1 heterocycles. The number of para-hydroxylation sites is 1. The van der Waals surface area contributed by atoms with Crippen LogP contribution in [0.5, 0.6) is 5.75 Å². The van der Waals surface area contributed by atoms with Crippen molar-refractivity contribution in [2.75, 3.05) is 28.5 Å². The zero-order valence-electron chi connectivity index (χ0n) is 14.8. The lowest BCUT2D eigenvalue weighted by molar-refractivity contribution is -0.0498. The lowest BCUT2D eigenvalue weighted by Gasteiger charge is -2.19. The van der Waals surface area contributed by atoms with E-state index in [0.29, 0.717) is 24.3 Å². The molecule has 2 N–H and O–H groups in total. The first-order chi connectivity index (χ1) is 13.3. The maximum atomic E-state index is 12.5. The van der Waals surface area contributed by atoms with E-state index in [1.807, 2.05) is 12.1 Å². The summed E-state index contributed by atoms with van der Waals surface area (Å²) in [6.07, 6.45) is 0.661. The van der Waals surface area contributed by atoms with Crippen LogP contribution in [0, 0.1) is 0 Å². The molecule has 0 aromatic heterocycles. The molecule has 0 saturated heterocycles. The molecule has 150 valence electrons. The number of ether oxygens (including phenoxy) is 1. The molecule has 0 fully saturated rings. The highest BCUT2D eigenvalue weighted by Gasteiger charge is 2.28. The quantitative estimate of drug-likeness (QED) is 0.734. The summed E-state index contributed by atoms with van der Waals surface area (Å²) < 4.78 is 54.9. The number of urea groups is 1.